The molecule has 0 fully saturated rings. The summed E-state index contributed by atoms with van der Waals surface area (Å²) in [6.07, 6.45) is -0.660. The Morgan fingerprint density at radius 3 is 2.79 bits per heavy atom. The molecule has 0 bridgehead atoms. The Morgan fingerprint density at radius 1 is 1.17 bits per heavy atom. The van der Waals surface area contributed by atoms with Crippen LogP contribution < -0.4 is 11.0 Å². The molecule has 4 aromatic rings. The Kier molecular flexibility index (Phi) is 4.86. The first kappa shape index (κ1) is 18.5. The van der Waals surface area contributed by atoms with Crippen molar-refractivity contribution in [3.63, 3.8) is 0 Å². The SMILES string of the molecule is C[C@H](OC(=O)CCc1nc2ccccc2o1)C(=O)Nc1ccc2[nH]c(=O)[nH]c2c1. The molecule has 3 N–H and O–H groups in total. The lowest BCUT2D eigenvalue weighted by atomic mass is 10.2. The van der Waals surface area contributed by atoms with Gasteiger partial charge in [-0.2, -0.15) is 0 Å². The summed E-state index contributed by atoms with van der Waals surface area (Å²) in [6.45, 7) is 1.49. The van der Waals surface area contributed by atoms with E-state index in [-0.39, 0.29) is 18.5 Å². The van der Waals surface area contributed by atoms with Crippen LogP contribution in [0.25, 0.3) is 22.1 Å². The number of aromatic amines is 2. The minimum atomic E-state index is -0.980. The van der Waals surface area contributed by atoms with Gasteiger partial charge in [0.2, 0.25) is 0 Å². The summed E-state index contributed by atoms with van der Waals surface area (Å²) in [5.74, 6) is -0.563. The summed E-state index contributed by atoms with van der Waals surface area (Å²) in [7, 11) is 0. The minimum Gasteiger partial charge on any atom is -0.453 e. The number of carbonyl (C=O) groups excluding carboxylic acids is 2. The van der Waals surface area contributed by atoms with Gasteiger partial charge < -0.3 is 24.4 Å². The molecule has 9 heteroatoms. The number of fused-ring (bicyclic) bond motifs is 2. The van der Waals surface area contributed by atoms with Gasteiger partial charge in [0.1, 0.15) is 5.52 Å². The van der Waals surface area contributed by atoms with E-state index in [9.17, 15) is 14.4 Å². The van der Waals surface area contributed by atoms with Crippen LogP contribution in [-0.2, 0) is 20.7 Å². The fourth-order valence-electron chi connectivity index (χ4n) is 2.90. The number of para-hydroxylation sites is 2. The van der Waals surface area contributed by atoms with Gasteiger partial charge in [-0.15, -0.1) is 0 Å². The van der Waals surface area contributed by atoms with E-state index in [0.29, 0.717) is 28.2 Å². The molecule has 0 unspecified atom stereocenters. The lowest BCUT2D eigenvalue weighted by Gasteiger charge is -2.13. The molecule has 148 valence electrons. The zero-order valence-corrected chi connectivity index (χ0v) is 15.5. The van der Waals surface area contributed by atoms with Crippen LogP contribution in [0, 0.1) is 0 Å². The highest BCUT2D eigenvalue weighted by molar-refractivity contribution is 5.96. The maximum Gasteiger partial charge on any atom is 0.323 e. The average Bonchev–Trinajstić information content (AvgIpc) is 3.27. The number of nitrogens with zero attached hydrogens (tertiary/aromatic N) is 1. The second-order valence-electron chi connectivity index (χ2n) is 6.54. The molecular formula is C20H18N4O5. The number of amides is 1. The van der Waals surface area contributed by atoms with Crippen molar-refractivity contribution < 1.29 is 18.7 Å². The number of H-pyrrole nitrogens is 2. The number of esters is 1. The number of aryl methyl sites for hydroxylation is 1. The van der Waals surface area contributed by atoms with E-state index in [2.05, 4.69) is 20.3 Å². The first-order chi connectivity index (χ1) is 14.0. The minimum absolute atomic E-state index is 0.0426. The maximum atomic E-state index is 12.3. The molecule has 2 aromatic heterocycles. The molecule has 2 aromatic carbocycles. The standard InChI is InChI=1S/C20H18N4O5/c1-11(19(26)21-12-6-7-13-15(10-12)24-20(27)23-13)28-18(25)9-8-17-22-14-4-2-3-5-16(14)29-17/h2-7,10-11H,8-9H2,1H3,(H,21,26)(H2,23,24,27)/t11-/m0/s1. The topological polar surface area (TPSA) is 130 Å². The Morgan fingerprint density at radius 2 is 1.97 bits per heavy atom. The molecule has 0 spiro atoms. The molecule has 0 aliphatic rings. The number of aromatic nitrogens is 3. The van der Waals surface area contributed by atoms with Crippen molar-refractivity contribution in [2.75, 3.05) is 5.32 Å². The fraction of sp³-hybridized carbons (Fsp3) is 0.200. The van der Waals surface area contributed by atoms with Gasteiger partial charge in [-0.25, -0.2) is 9.78 Å². The van der Waals surface area contributed by atoms with Gasteiger partial charge in [0, 0.05) is 12.1 Å². The molecule has 1 atom stereocenters. The lowest BCUT2D eigenvalue weighted by Crippen LogP contribution is -2.30. The molecule has 1 amide bonds. The second-order valence-corrected chi connectivity index (χ2v) is 6.54. The predicted octanol–water partition coefficient (Wildman–Crippen LogP) is 2.50. The Balaban J connectivity index is 1.31. The predicted molar refractivity (Wildman–Crippen MR) is 105 cm³/mol. The highest BCUT2D eigenvalue weighted by Gasteiger charge is 2.19. The average molecular weight is 394 g/mol. The van der Waals surface area contributed by atoms with Crippen LogP contribution in [0.3, 0.4) is 0 Å². The fourth-order valence-corrected chi connectivity index (χ4v) is 2.90. The van der Waals surface area contributed by atoms with E-state index < -0.39 is 18.0 Å². The number of nitrogens with one attached hydrogen (secondary N) is 3. The third-order valence-corrected chi connectivity index (χ3v) is 4.34. The van der Waals surface area contributed by atoms with Crippen molar-refractivity contribution in [2.24, 2.45) is 0 Å². The van der Waals surface area contributed by atoms with Crippen LogP contribution in [-0.4, -0.2) is 32.9 Å². The smallest absolute Gasteiger partial charge is 0.323 e. The van der Waals surface area contributed by atoms with Gasteiger partial charge in [0.15, 0.2) is 17.6 Å². The van der Waals surface area contributed by atoms with Gasteiger partial charge in [0.05, 0.1) is 17.5 Å². The van der Waals surface area contributed by atoms with Gasteiger partial charge in [0.25, 0.3) is 5.91 Å². The third kappa shape index (κ3) is 4.18. The Bertz CT molecular complexity index is 1220. The molecule has 0 radical (unpaired) electrons. The molecule has 9 nitrogen and oxygen atoms in total. The molecule has 2 heterocycles. The van der Waals surface area contributed by atoms with Gasteiger partial charge in [-0.1, -0.05) is 12.1 Å². The molecule has 4 rings (SSSR count). The summed E-state index contributed by atoms with van der Waals surface area (Å²) in [5.41, 5.74) is 2.73. The number of anilines is 1. The van der Waals surface area contributed by atoms with E-state index in [1.807, 2.05) is 18.2 Å². The van der Waals surface area contributed by atoms with Crippen LogP contribution in [0.5, 0.6) is 0 Å². The van der Waals surface area contributed by atoms with Crippen molar-refractivity contribution >= 4 is 39.7 Å². The summed E-state index contributed by atoms with van der Waals surface area (Å²) >= 11 is 0. The van der Waals surface area contributed by atoms with E-state index in [0.717, 1.165) is 5.52 Å². The maximum absolute atomic E-state index is 12.3. The van der Waals surface area contributed by atoms with Crippen molar-refractivity contribution in [2.45, 2.75) is 25.9 Å². The molecule has 0 aliphatic heterocycles. The summed E-state index contributed by atoms with van der Waals surface area (Å²) in [4.78, 5) is 45.2. The largest absolute Gasteiger partial charge is 0.453 e. The molecule has 29 heavy (non-hydrogen) atoms. The number of oxazole rings is 1. The number of hydrogen-bond acceptors (Lipinski definition) is 6. The van der Waals surface area contributed by atoms with Crippen LogP contribution in [0.15, 0.2) is 51.7 Å². The zero-order chi connectivity index (χ0) is 20.4. The van der Waals surface area contributed by atoms with Gasteiger partial charge in [-0.3, -0.25) is 9.59 Å². The second kappa shape index (κ2) is 7.63. The van der Waals surface area contributed by atoms with Crippen LogP contribution in [0.4, 0.5) is 5.69 Å². The summed E-state index contributed by atoms with van der Waals surface area (Å²) in [6, 6.07) is 12.3. The van der Waals surface area contributed by atoms with E-state index in [1.54, 1.807) is 24.3 Å². The van der Waals surface area contributed by atoms with E-state index in [4.69, 9.17) is 9.15 Å². The first-order valence-corrected chi connectivity index (χ1v) is 9.05. The molecule has 0 saturated heterocycles. The molecule has 0 saturated carbocycles. The zero-order valence-electron chi connectivity index (χ0n) is 15.5. The number of carbonyl (C=O) groups is 2. The number of rotatable bonds is 6. The van der Waals surface area contributed by atoms with Crippen LogP contribution in [0.1, 0.15) is 19.2 Å². The summed E-state index contributed by atoms with van der Waals surface area (Å²) in [5, 5.41) is 2.66. The quantitative estimate of drug-likeness (QED) is 0.431. The Hall–Kier alpha value is -3.88. The Labute approximate surface area is 164 Å². The van der Waals surface area contributed by atoms with Crippen molar-refractivity contribution in [1.82, 2.24) is 15.0 Å². The third-order valence-electron chi connectivity index (χ3n) is 4.34. The number of ether oxygens (including phenoxy) is 1. The van der Waals surface area contributed by atoms with E-state index >= 15 is 0 Å². The molecule has 0 aliphatic carbocycles. The van der Waals surface area contributed by atoms with Crippen LogP contribution in [0.2, 0.25) is 0 Å². The monoisotopic (exact) mass is 394 g/mol. The normalized spacial score (nSPS) is 12.2. The van der Waals surface area contributed by atoms with Crippen molar-refractivity contribution in [3.8, 4) is 0 Å². The molecular weight excluding hydrogens is 376 g/mol. The van der Waals surface area contributed by atoms with Crippen molar-refractivity contribution in [3.05, 3.63) is 58.8 Å². The van der Waals surface area contributed by atoms with Crippen molar-refractivity contribution in [1.29, 1.82) is 0 Å². The van der Waals surface area contributed by atoms with Gasteiger partial charge >= 0.3 is 11.7 Å². The number of benzene rings is 2. The first-order valence-electron chi connectivity index (χ1n) is 9.05. The van der Waals surface area contributed by atoms with E-state index in [1.165, 1.54) is 6.92 Å². The number of hydrogen-bond donors (Lipinski definition) is 3. The number of imidazole rings is 1. The lowest BCUT2D eigenvalue weighted by molar-refractivity contribution is -0.153. The highest BCUT2D eigenvalue weighted by Crippen LogP contribution is 2.17. The van der Waals surface area contributed by atoms with Crippen LogP contribution >= 0.6 is 0 Å². The summed E-state index contributed by atoms with van der Waals surface area (Å²) < 4.78 is 10.7. The highest BCUT2D eigenvalue weighted by atomic mass is 16.5. The van der Waals surface area contributed by atoms with Gasteiger partial charge in [-0.05, 0) is 37.3 Å².